The van der Waals surface area contributed by atoms with Crippen LogP contribution in [0.4, 0.5) is 10.3 Å². The Hall–Kier alpha value is -2.96. The van der Waals surface area contributed by atoms with Gasteiger partial charge in [0.1, 0.15) is 0 Å². The van der Waals surface area contributed by atoms with Crippen molar-refractivity contribution in [3.05, 3.63) is 42.2 Å². The number of hydrogen-bond acceptors (Lipinski definition) is 4. The number of hydrogen-bond donors (Lipinski definition) is 2. The minimum Gasteiger partial charge on any atom is -0.505 e. The average Bonchev–Trinajstić information content (AvgIpc) is 3.30. The molecule has 2 N–H and O–H groups in total. The Bertz CT molecular complexity index is 918. The van der Waals surface area contributed by atoms with Gasteiger partial charge < -0.3 is 5.11 Å². The van der Waals surface area contributed by atoms with Gasteiger partial charge in [0.25, 0.3) is 0 Å². The van der Waals surface area contributed by atoms with Crippen LogP contribution in [0.5, 0.6) is 5.75 Å². The van der Waals surface area contributed by atoms with Crippen molar-refractivity contribution in [2.45, 2.75) is 12.8 Å². The van der Waals surface area contributed by atoms with E-state index in [4.69, 9.17) is 0 Å². The summed E-state index contributed by atoms with van der Waals surface area (Å²) >= 11 is 0. The molecule has 1 saturated carbocycles. The Morgan fingerprint density at radius 1 is 1.30 bits per heavy atom. The van der Waals surface area contributed by atoms with Gasteiger partial charge in [-0.25, -0.2) is 8.91 Å². The second-order valence-electron chi connectivity index (χ2n) is 5.55. The molecule has 0 unspecified atom stereocenters. The quantitative estimate of drug-likeness (QED) is 0.779. The van der Waals surface area contributed by atoms with Crippen molar-refractivity contribution in [2.75, 3.05) is 5.32 Å². The summed E-state index contributed by atoms with van der Waals surface area (Å²) in [5, 5.41) is 16.3. The number of phenols is 1. The molecule has 116 valence electrons. The lowest BCUT2D eigenvalue weighted by Gasteiger charge is -2.05. The Morgan fingerprint density at radius 3 is 2.87 bits per heavy atom. The molecule has 1 fully saturated rings. The fourth-order valence-corrected chi connectivity index (χ4v) is 2.40. The number of aromatic nitrogens is 3. The molecule has 2 aromatic heterocycles. The highest BCUT2D eigenvalue weighted by molar-refractivity contribution is 5.92. The summed E-state index contributed by atoms with van der Waals surface area (Å²) in [4.78, 5) is 16.1. The van der Waals surface area contributed by atoms with E-state index in [1.54, 1.807) is 24.3 Å². The van der Waals surface area contributed by atoms with Gasteiger partial charge in [-0.1, -0.05) is 6.07 Å². The first-order valence-corrected chi connectivity index (χ1v) is 7.27. The highest BCUT2D eigenvalue weighted by atomic mass is 19.1. The van der Waals surface area contributed by atoms with Gasteiger partial charge in [-0.15, -0.1) is 5.10 Å². The van der Waals surface area contributed by atoms with Crippen LogP contribution in [0.2, 0.25) is 0 Å². The van der Waals surface area contributed by atoms with Gasteiger partial charge in [0.2, 0.25) is 11.9 Å². The molecule has 0 aliphatic heterocycles. The third-order valence-corrected chi connectivity index (χ3v) is 3.79. The zero-order valence-corrected chi connectivity index (χ0v) is 12.0. The fraction of sp³-hybridized carbons (Fsp3) is 0.188. The Kier molecular flexibility index (Phi) is 3.00. The first-order valence-electron chi connectivity index (χ1n) is 7.27. The zero-order valence-electron chi connectivity index (χ0n) is 12.0. The van der Waals surface area contributed by atoms with Gasteiger partial charge in [0.15, 0.2) is 17.2 Å². The standard InChI is InChI=1S/C16H13FN4O2/c17-11-8-10(6-7-13(11)22)12-2-1-3-14-18-16(20-21(12)14)19-15(23)9-4-5-9/h1-3,6-9,22H,4-5H2,(H,19,20,23). The molecule has 1 aromatic carbocycles. The molecule has 23 heavy (non-hydrogen) atoms. The minimum atomic E-state index is -0.707. The van der Waals surface area contributed by atoms with Gasteiger partial charge in [-0.3, -0.25) is 10.1 Å². The van der Waals surface area contributed by atoms with Crippen LogP contribution in [-0.2, 0) is 4.79 Å². The van der Waals surface area contributed by atoms with E-state index < -0.39 is 11.6 Å². The van der Waals surface area contributed by atoms with Crippen molar-refractivity contribution in [3.63, 3.8) is 0 Å². The monoisotopic (exact) mass is 312 g/mol. The summed E-state index contributed by atoms with van der Waals surface area (Å²) in [5.74, 6) is -0.891. The summed E-state index contributed by atoms with van der Waals surface area (Å²) < 4.78 is 15.1. The van der Waals surface area contributed by atoms with E-state index in [0.717, 1.165) is 12.8 Å². The van der Waals surface area contributed by atoms with Gasteiger partial charge in [-0.2, -0.15) is 4.98 Å². The normalized spacial score (nSPS) is 14.1. The number of aromatic hydroxyl groups is 1. The van der Waals surface area contributed by atoms with Crippen molar-refractivity contribution < 1.29 is 14.3 Å². The molecule has 1 aliphatic carbocycles. The summed E-state index contributed by atoms with van der Waals surface area (Å²) in [6.07, 6.45) is 1.80. The van der Waals surface area contributed by atoms with E-state index in [0.29, 0.717) is 16.9 Å². The fourth-order valence-electron chi connectivity index (χ4n) is 2.40. The zero-order chi connectivity index (χ0) is 16.0. The highest BCUT2D eigenvalue weighted by Crippen LogP contribution is 2.30. The molecule has 0 saturated heterocycles. The number of phenolic OH excluding ortho intramolecular Hbond substituents is 1. The lowest BCUT2D eigenvalue weighted by Crippen LogP contribution is -2.14. The van der Waals surface area contributed by atoms with E-state index in [1.165, 1.54) is 16.6 Å². The van der Waals surface area contributed by atoms with Crippen LogP contribution < -0.4 is 5.32 Å². The van der Waals surface area contributed by atoms with Crippen LogP contribution in [0, 0.1) is 11.7 Å². The summed E-state index contributed by atoms with van der Waals surface area (Å²) in [5.41, 5.74) is 1.71. The predicted molar refractivity (Wildman–Crippen MR) is 81.4 cm³/mol. The van der Waals surface area contributed by atoms with Crippen molar-refractivity contribution in [1.29, 1.82) is 0 Å². The van der Waals surface area contributed by atoms with Crippen molar-refractivity contribution in [1.82, 2.24) is 14.6 Å². The van der Waals surface area contributed by atoms with Crippen LogP contribution in [0.3, 0.4) is 0 Å². The van der Waals surface area contributed by atoms with E-state index in [-0.39, 0.29) is 17.8 Å². The number of halogens is 1. The van der Waals surface area contributed by atoms with Crippen molar-refractivity contribution in [3.8, 4) is 17.0 Å². The molecule has 1 amide bonds. The van der Waals surface area contributed by atoms with Crippen LogP contribution in [0.15, 0.2) is 36.4 Å². The Morgan fingerprint density at radius 2 is 2.13 bits per heavy atom. The second-order valence-corrected chi connectivity index (χ2v) is 5.55. The van der Waals surface area contributed by atoms with Crippen molar-refractivity contribution in [2.24, 2.45) is 5.92 Å². The molecular weight excluding hydrogens is 299 g/mol. The van der Waals surface area contributed by atoms with E-state index in [1.807, 2.05) is 0 Å². The number of fused-ring (bicyclic) bond motifs is 1. The molecule has 4 rings (SSSR count). The van der Waals surface area contributed by atoms with Gasteiger partial charge in [0, 0.05) is 11.5 Å². The Labute approximate surface area is 130 Å². The number of nitrogens with one attached hydrogen (secondary N) is 1. The minimum absolute atomic E-state index is 0.0623. The predicted octanol–water partition coefficient (Wildman–Crippen LogP) is 2.59. The molecule has 0 bridgehead atoms. The number of benzene rings is 1. The van der Waals surface area contributed by atoms with E-state index in [9.17, 15) is 14.3 Å². The average molecular weight is 312 g/mol. The van der Waals surface area contributed by atoms with Gasteiger partial charge in [0.05, 0.1) is 5.69 Å². The molecule has 3 aromatic rings. The van der Waals surface area contributed by atoms with Crippen molar-refractivity contribution >= 4 is 17.5 Å². The van der Waals surface area contributed by atoms with E-state index >= 15 is 0 Å². The first-order chi connectivity index (χ1) is 11.1. The highest BCUT2D eigenvalue weighted by Gasteiger charge is 2.30. The van der Waals surface area contributed by atoms with Crippen LogP contribution >= 0.6 is 0 Å². The molecular formula is C16H13FN4O2. The molecule has 6 nitrogen and oxygen atoms in total. The lowest BCUT2D eigenvalue weighted by atomic mass is 10.1. The van der Waals surface area contributed by atoms with Crippen LogP contribution in [0.25, 0.3) is 16.9 Å². The number of anilines is 1. The Balaban J connectivity index is 1.75. The largest absolute Gasteiger partial charge is 0.505 e. The number of amides is 1. The smallest absolute Gasteiger partial charge is 0.249 e. The van der Waals surface area contributed by atoms with Gasteiger partial charge >= 0.3 is 0 Å². The first kappa shape index (κ1) is 13.7. The maximum atomic E-state index is 13.6. The SMILES string of the molecule is O=C(Nc1nc2cccc(-c3ccc(O)c(F)c3)n2n1)C1CC1. The second kappa shape index (κ2) is 5.05. The maximum absolute atomic E-state index is 13.6. The number of rotatable bonds is 3. The molecule has 0 atom stereocenters. The topological polar surface area (TPSA) is 79.5 Å². The lowest BCUT2D eigenvalue weighted by molar-refractivity contribution is -0.117. The third kappa shape index (κ3) is 2.50. The molecule has 7 heteroatoms. The van der Waals surface area contributed by atoms with Crippen LogP contribution in [-0.4, -0.2) is 25.6 Å². The molecule has 2 heterocycles. The number of carbonyl (C=O) groups excluding carboxylic acids is 1. The number of carbonyl (C=O) groups is 1. The molecule has 0 radical (unpaired) electrons. The summed E-state index contributed by atoms with van der Waals surface area (Å²) in [7, 11) is 0. The van der Waals surface area contributed by atoms with E-state index in [2.05, 4.69) is 15.4 Å². The summed E-state index contributed by atoms with van der Waals surface area (Å²) in [6, 6.07) is 9.40. The maximum Gasteiger partial charge on any atom is 0.249 e. The third-order valence-electron chi connectivity index (χ3n) is 3.79. The molecule has 0 spiro atoms. The number of nitrogens with zero attached hydrogens (tertiary/aromatic N) is 3. The molecule has 1 aliphatic rings. The summed E-state index contributed by atoms with van der Waals surface area (Å²) in [6.45, 7) is 0. The van der Waals surface area contributed by atoms with Gasteiger partial charge in [-0.05, 0) is 43.2 Å². The van der Waals surface area contributed by atoms with Crippen LogP contribution in [0.1, 0.15) is 12.8 Å². The number of pyridine rings is 1.